The molecule has 0 radical (unpaired) electrons. The number of amides is 1. The normalized spacial score (nSPS) is 19.2. The Hall–Kier alpha value is -2.66. The molecule has 0 aliphatic carbocycles. The van der Waals surface area contributed by atoms with Crippen molar-refractivity contribution >= 4 is 34.9 Å². The maximum atomic E-state index is 13.5. The maximum Gasteiger partial charge on any atom is 0.253 e. The van der Waals surface area contributed by atoms with Gasteiger partial charge < -0.3 is 9.80 Å². The monoisotopic (exact) mass is 590 g/mol. The smallest absolute Gasteiger partial charge is 0.253 e. The third-order valence-corrected chi connectivity index (χ3v) is 9.92. The van der Waals surface area contributed by atoms with Gasteiger partial charge in [0.05, 0.1) is 10.0 Å². The highest BCUT2D eigenvalue weighted by molar-refractivity contribution is 6.42. The van der Waals surface area contributed by atoms with E-state index in [1.54, 1.807) is 6.92 Å². The molecule has 2 fully saturated rings. The molecule has 3 aromatic carbocycles. The predicted molar refractivity (Wildman–Crippen MR) is 168 cm³/mol. The standard InChI is InChI=1S/C35H40Cl2N2O2/c1-26(40)35(24-28-8-3-2-4-9-28)16-20-38(21-17-35)18-6-11-27-10-5-12-30(22-27)34(41)39-19-7-13-31(25-39)29-14-15-32(36)33(37)23-29/h2-5,8-10,12,14-15,22-23,31H,6-7,11,13,16-21,24-25H2,1H3. The summed E-state index contributed by atoms with van der Waals surface area (Å²) in [7, 11) is 0. The van der Waals surface area contributed by atoms with Crippen LogP contribution in [0.3, 0.4) is 0 Å². The summed E-state index contributed by atoms with van der Waals surface area (Å²) < 4.78 is 0. The van der Waals surface area contributed by atoms with Crippen LogP contribution in [0.4, 0.5) is 0 Å². The fourth-order valence-corrected chi connectivity index (χ4v) is 6.90. The molecule has 216 valence electrons. The van der Waals surface area contributed by atoms with E-state index in [1.807, 2.05) is 41.3 Å². The SMILES string of the molecule is CC(=O)C1(Cc2ccccc2)CCN(CCCc2cccc(C(=O)N3CCCC(c4ccc(Cl)c(Cl)c4)C3)c2)CC1. The van der Waals surface area contributed by atoms with E-state index in [4.69, 9.17) is 23.2 Å². The number of nitrogens with zero attached hydrogens (tertiary/aromatic N) is 2. The number of aryl methyl sites for hydroxylation is 1. The molecular weight excluding hydrogens is 551 g/mol. The second-order valence-electron chi connectivity index (χ2n) is 11.9. The summed E-state index contributed by atoms with van der Waals surface area (Å²) in [6.45, 7) is 6.17. The summed E-state index contributed by atoms with van der Waals surface area (Å²) >= 11 is 12.4. The van der Waals surface area contributed by atoms with E-state index in [-0.39, 0.29) is 17.2 Å². The zero-order valence-electron chi connectivity index (χ0n) is 24.0. The average Bonchev–Trinajstić information content (AvgIpc) is 3.00. The Morgan fingerprint density at radius 1 is 0.878 bits per heavy atom. The summed E-state index contributed by atoms with van der Waals surface area (Å²) in [5, 5.41) is 1.12. The summed E-state index contributed by atoms with van der Waals surface area (Å²) in [6.07, 6.45) is 6.65. The van der Waals surface area contributed by atoms with Crippen molar-refractivity contribution in [2.75, 3.05) is 32.7 Å². The Bertz CT molecular complexity index is 1350. The van der Waals surface area contributed by atoms with Gasteiger partial charge in [-0.15, -0.1) is 0 Å². The molecule has 2 heterocycles. The lowest BCUT2D eigenvalue weighted by molar-refractivity contribution is -0.129. The zero-order valence-corrected chi connectivity index (χ0v) is 25.5. The van der Waals surface area contributed by atoms with Gasteiger partial charge in [-0.05, 0) is 112 Å². The molecule has 0 saturated carbocycles. The molecular formula is C35H40Cl2N2O2. The van der Waals surface area contributed by atoms with Gasteiger partial charge in [-0.1, -0.05) is 71.7 Å². The lowest BCUT2D eigenvalue weighted by atomic mass is 9.71. The van der Waals surface area contributed by atoms with E-state index in [0.717, 1.165) is 82.3 Å². The molecule has 0 bridgehead atoms. The molecule has 3 aromatic rings. The molecule has 0 aromatic heterocycles. The first-order chi connectivity index (χ1) is 19.8. The first-order valence-corrected chi connectivity index (χ1v) is 15.7. The summed E-state index contributed by atoms with van der Waals surface area (Å²) in [6, 6.07) is 24.4. The van der Waals surface area contributed by atoms with E-state index in [0.29, 0.717) is 22.4 Å². The van der Waals surface area contributed by atoms with E-state index >= 15 is 0 Å². The van der Waals surface area contributed by atoms with Gasteiger partial charge in [0.25, 0.3) is 5.91 Å². The molecule has 1 amide bonds. The molecule has 2 aliphatic rings. The van der Waals surface area contributed by atoms with Crippen molar-refractivity contribution in [3.8, 4) is 0 Å². The van der Waals surface area contributed by atoms with Gasteiger partial charge in [-0.3, -0.25) is 9.59 Å². The van der Waals surface area contributed by atoms with Gasteiger partial charge >= 0.3 is 0 Å². The maximum absolute atomic E-state index is 13.5. The lowest BCUT2D eigenvalue weighted by Gasteiger charge is -2.40. The molecule has 1 atom stereocenters. The molecule has 0 spiro atoms. The average molecular weight is 592 g/mol. The number of Topliss-reactive ketones (excluding diaryl/α,β-unsaturated/α-hetero) is 1. The fourth-order valence-electron chi connectivity index (χ4n) is 6.59. The Labute approximate surface area is 254 Å². The molecule has 41 heavy (non-hydrogen) atoms. The van der Waals surface area contributed by atoms with Crippen molar-refractivity contribution in [2.24, 2.45) is 5.41 Å². The van der Waals surface area contributed by atoms with Crippen molar-refractivity contribution < 1.29 is 9.59 Å². The second kappa shape index (κ2) is 13.5. The van der Waals surface area contributed by atoms with E-state index in [1.165, 1.54) is 11.1 Å². The first kappa shape index (κ1) is 29.8. The third kappa shape index (κ3) is 7.41. The summed E-state index contributed by atoms with van der Waals surface area (Å²) in [5.74, 6) is 0.690. The molecule has 1 unspecified atom stereocenters. The molecule has 2 saturated heterocycles. The van der Waals surface area contributed by atoms with Gasteiger partial charge in [-0.25, -0.2) is 0 Å². The topological polar surface area (TPSA) is 40.6 Å². The number of benzene rings is 3. The number of carbonyl (C=O) groups is 2. The van der Waals surface area contributed by atoms with Gasteiger partial charge in [-0.2, -0.15) is 0 Å². The number of likely N-dealkylation sites (tertiary alicyclic amines) is 2. The van der Waals surface area contributed by atoms with Crippen LogP contribution in [-0.2, 0) is 17.6 Å². The van der Waals surface area contributed by atoms with Crippen LogP contribution in [0.5, 0.6) is 0 Å². The number of carbonyl (C=O) groups excluding carboxylic acids is 2. The van der Waals surface area contributed by atoms with Crippen LogP contribution in [0.25, 0.3) is 0 Å². The van der Waals surface area contributed by atoms with Crippen LogP contribution in [0.2, 0.25) is 10.0 Å². The molecule has 5 rings (SSSR count). The highest BCUT2D eigenvalue weighted by Crippen LogP contribution is 2.36. The Morgan fingerprint density at radius 2 is 1.63 bits per heavy atom. The van der Waals surface area contributed by atoms with Crippen LogP contribution >= 0.6 is 23.2 Å². The number of rotatable bonds is 9. The minimum atomic E-state index is -0.236. The molecule has 2 aliphatic heterocycles. The van der Waals surface area contributed by atoms with Crippen molar-refractivity contribution in [2.45, 2.75) is 57.8 Å². The number of ketones is 1. The summed E-state index contributed by atoms with van der Waals surface area (Å²) in [5.41, 5.74) is 4.12. The van der Waals surface area contributed by atoms with Crippen LogP contribution in [0, 0.1) is 5.41 Å². The zero-order chi connectivity index (χ0) is 28.8. The number of hydrogen-bond donors (Lipinski definition) is 0. The van der Waals surface area contributed by atoms with Crippen molar-refractivity contribution in [3.63, 3.8) is 0 Å². The largest absolute Gasteiger partial charge is 0.338 e. The quantitative estimate of drug-likeness (QED) is 0.254. The minimum absolute atomic E-state index is 0.103. The number of piperidine rings is 2. The summed E-state index contributed by atoms with van der Waals surface area (Å²) in [4.78, 5) is 30.6. The highest BCUT2D eigenvalue weighted by Gasteiger charge is 2.38. The van der Waals surface area contributed by atoms with Gasteiger partial charge in [0.15, 0.2) is 0 Å². The number of halogens is 2. The predicted octanol–water partition coefficient (Wildman–Crippen LogP) is 7.86. The molecule has 6 heteroatoms. The van der Waals surface area contributed by atoms with Gasteiger partial charge in [0.2, 0.25) is 0 Å². The second-order valence-corrected chi connectivity index (χ2v) is 12.7. The van der Waals surface area contributed by atoms with Crippen LogP contribution in [0.1, 0.15) is 72.0 Å². The third-order valence-electron chi connectivity index (χ3n) is 9.18. The van der Waals surface area contributed by atoms with Crippen LogP contribution in [0.15, 0.2) is 72.8 Å². The van der Waals surface area contributed by atoms with Crippen LogP contribution in [-0.4, -0.2) is 54.2 Å². The highest BCUT2D eigenvalue weighted by atomic mass is 35.5. The van der Waals surface area contributed by atoms with Crippen molar-refractivity contribution in [1.82, 2.24) is 9.80 Å². The lowest BCUT2D eigenvalue weighted by Crippen LogP contribution is -2.45. The Balaban J connectivity index is 1.12. The van der Waals surface area contributed by atoms with Gasteiger partial charge in [0, 0.05) is 30.0 Å². The van der Waals surface area contributed by atoms with E-state index < -0.39 is 0 Å². The Kier molecular flexibility index (Phi) is 9.85. The van der Waals surface area contributed by atoms with Crippen molar-refractivity contribution in [1.29, 1.82) is 0 Å². The number of hydrogen-bond acceptors (Lipinski definition) is 3. The van der Waals surface area contributed by atoms with E-state index in [2.05, 4.69) is 41.3 Å². The Morgan fingerprint density at radius 3 is 2.37 bits per heavy atom. The van der Waals surface area contributed by atoms with Crippen LogP contribution < -0.4 is 0 Å². The minimum Gasteiger partial charge on any atom is -0.338 e. The fraction of sp³-hybridized carbons (Fsp3) is 0.429. The first-order valence-electron chi connectivity index (χ1n) is 14.9. The van der Waals surface area contributed by atoms with Crippen molar-refractivity contribution in [3.05, 3.63) is 105 Å². The molecule has 4 nitrogen and oxygen atoms in total. The van der Waals surface area contributed by atoms with E-state index in [9.17, 15) is 9.59 Å². The molecule has 0 N–H and O–H groups in total. The van der Waals surface area contributed by atoms with Gasteiger partial charge in [0.1, 0.15) is 5.78 Å².